The van der Waals surface area contributed by atoms with E-state index in [9.17, 15) is 31.4 Å². The number of rotatable bonds is 1. The largest absolute Gasteiger partial charge is 0.421 e. The molecule has 20 heavy (non-hydrogen) atoms. The molecule has 1 rings (SSSR count). The van der Waals surface area contributed by atoms with Crippen LogP contribution in [0.4, 0.5) is 26.3 Å². The van der Waals surface area contributed by atoms with Crippen molar-refractivity contribution < 1.29 is 31.4 Å². The van der Waals surface area contributed by atoms with E-state index in [1.807, 2.05) is 0 Å². The van der Waals surface area contributed by atoms with Gasteiger partial charge in [0.2, 0.25) is 0 Å². The van der Waals surface area contributed by atoms with Crippen LogP contribution in [0.5, 0.6) is 0 Å². The number of benzene rings is 1. The summed E-state index contributed by atoms with van der Waals surface area (Å²) >= 11 is 0. The van der Waals surface area contributed by atoms with Crippen molar-refractivity contribution in [1.82, 2.24) is 0 Å². The van der Waals surface area contributed by atoms with E-state index in [2.05, 4.69) is 0 Å². The summed E-state index contributed by atoms with van der Waals surface area (Å²) in [5.74, 6) is 0. The summed E-state index contributed by atoms with van der Waals surface area (Å²) in [6, 6.07) is 3.19. The molecule has 0 aromatic heterocycles. The third kappa shape index (κ3) is 2.63. The van der Waals surface area contributed by atoms with Crippen LogP contribution >= 0.6 is 0 Å². The summed E-state index contributed by atoms with van der Waals surface area (Å²) in [6.45, 7) is 3.11. The van der Waals surface area contributed by atoms with Gasteiger partial charge in [-0.1, -0.05) is 39.0 Å². The second-order valence-electron chi connectivity index (χ2n) is 5.50. The third-order valence-corrected chi connectivity index (χ3v) is 3.12. The maximum absolute atomic E-state index is 13.2. The normalized spacial score (nSPS) is 16.9. The molecule has 0 saturated heterocycles. The minimum atomic E-state index is -5.24. The molecule has 1 unspecified atom stereocenters. The first-order valence-corrected chi connectivity index (χ1v) is 5.68. The Labute approximate surface area is 112 Å². The maximum Gasteiger partial charge on any atom is 0.421 e. The average molecular weight is 300 g/mol. The predicted molar refractivity (Wildman–Crippen MR) is 60.9 cm³/mol. The Kier molecular flexibility index (Phi) is 3.91. The van der Waals surface area contributed by atoms with Gasteiger partial charge in [0.25, 0.3) is 0 Å². The summed E-state index contributed by atoms with van der Waals surface area (Å²) < 4.78 is 78.3. The molecule has 1 N–H and O–H groups in total. The number of alkyl halides is 6. The highest BCUT2D eigenvalue weighted by Crippen LogP contribution is 2.53. The quantitative estimate of drug-likeness (QED) is 0.757. The Morgan fingerprint density at radius 2 is 1.20 bits per heavy atom. The molecule has 0 bridgehead atoms. The summed E-state index contributed by atoms with van der Waals surface area (Å²) in [5, 5.41) is 10.1. The predicted octanol–water partition coefficient (Wildman–Crippen LogP) is 4.50. The molecule has 1 aromatic rings. The van der Waals surface area contributed by atoms with Crippen molar-refractivity contribution in [3.05, 3.63) is 35.4 Å². The minimum absolute atomic E-state index is 0.526. The highest BCUT2D eigenvalue weighted by molar-refractivity contribution is 5.37. The molecule has 0 saturated carbocycles. The van der Waals surface area contributed by atoms with Gasteiger partial charge >= 0.3 is 12.4 Å². The van der Waals surface area contributed by atoms with Crippen LogP contribution in [0.15, 0.2) is 24.3 Å². The first-order valence-electron chi connectivity index (χ1n) is 5.68. The topological polar surface area (TPSA) is 20.2 Å². The fourth-order valence-electron chi connectivity index (χ4n) is 2.03. The minimum Gasteiger partial charge on any atom is -0.376 e. The van der Waals surface area contributed by atoms with Crippen molar-refractivity contribution in [2.45, 2.75) is 38.7 Å². The van der Waals surface area contributed by atoms with Gasteiger partial charge in [-0.3, -0.25) is 0 Å². The lowest BCUT2D eigenvalue weighted by molar-refractivity contribution is -0.303. The van der Waals surface area contributed by atoms with Crippen LogP contribution in [-0.4, -0.2) is 11.3 Å². The van der Waals surface area contributed by atoms with Crippen LogP contribution in [-0.2, 0) is 11.8 Å². The Morgan fingerprint density at radius 3 is 1.50 bits per heavy atom. The fraction of sp³-hybridized carbons (Fsp3) is 0.538. The molecule has 1 atom stereocenters. The molecule has 0 aliphatic carbocycles. The SMILES string of the molecule is CC(C)(C)C(O)(c1ccccc1C(F)(F)F)C(F)(F)F. The van der Waals surface area contributed by atoms with E-state index < -0.39 is 34.5 Å². The van der Waals surface area contributed by atoms with E-state index in [0.717, 1.165) is 32.9 Å². The molecule has 1 nitrogen and oxygen atoms in total. The molecular weight excluding hydrogens is 286 g/mol. The number of hydrogen-bond donors (Lipinski definition) is 1. The molecule has 114 valence electrons. The summed E-state index contributed by atoms with van der Waals surface area (Å²) in [7, 11) is 0. The van der Waals surface area contributed by atoms with Gasteiger partial charge in [0.05, 0.1) is 5.56 Å². The Balaban J connectivity index is 3.70. The van der Waals surface area contributed by atoms with Crippen LogP contribution in [0, 0.1) is 5.41 Å². The number of aliphatic hydroxyl groups is 1. The van der Waals surface area contributed by atoms with Gasteiger partial charge in [-0.2, -0.15) is 26.3 Å². The van der Waals surface area contributed by atoms with Crippen molar-refractivity contribution in [2.75, 3.05) is 0 Å². The van der Waals surface area contributed by atoms with Crippen LogP contribution in [0.25, 0.3) is 0 Å². The summed E-state index contributed by atoms with van der Waals surface area (Å²) in [5.41, 5.74) is -8.15. The van der Waals surface area contributed by atoms with Gasteiger partial charge in [0.1, 0.15) is 0 Å². The Morgan fingerprint density at radius 1 is 0.800 bits per heavy atom. The molecule has 0 spiro atoms. The lowest BCUT2D eigenvalue weighted by Gasteiger charge is -2.42. The summed E-state index contributed by atoms with van der Waals surface area (Å²) in [4.78, 5) is 0. The van der Waals surface area contributed by atoms with Gasteiger partial charge in [-0.15, -0.1) is 0 Å². The van der Waals surface area contributed by atoms with Crippen LogP contribution < -0.4 is 0 Å². The third-order valence-electron chi connectivity index (χ3n) is 3.12. The Hall–Kier alpha value is -1.24. The van der Waals surface area contributed by atoms with Crippen molar-refractivity contribution in [2.24, 2.45) is 5.41 Å². The van der Waals surface area contributed by atoms with E-state index >= 15 is 0 Å². The highest BCUT2D eigenvalue weighted by Gasteiger charge is 2.63. The van der Waals surface area contributed by atoms with Crippen molar-refractivity contribution >= 4 is 0 Å². The lowest BCUT2D eigenvalue weighted by atomic mass is 9.70. The second-order valence-corrected chi connectivity index (χ2v) is 5.50. The molecule has 0 radical (unpaired) electrons. The van der Waals surface area contributed by atoms with E-state index in [0.29, 0.717) is 12.1 Å². The maximum atomic E-state index is 13.2. The molecule has 0 amide bonds. The number of halogens is 6. The zero-order valence-electron chi connectivity index (χ0n) is 11.0. The lowest BCUT2D eigenvalue weighted by Crippen LogP contribution is -2.53. The van der Waals surface area contributed by atoms with Gasteiger partial charge in [0, 0.05) is 11.0 Å². The number of hydrogen-bond acceptors (Lipinski definition) is 1. The van der Waals surface area contributed by atoms with Crippen molar-refractivity contribution in [1.29, 1.82) is 0 Å². The molecule has 0 heterocycles. The van der Waals surface area contributed by atoms with Gasteiger partial charge in [-0.25, -0.2) is 0 Å². The van der Waals surface area contributed by atoms with E-state index in [1.54, 1.807) is 0 Å². The molecule has 0 aliphatic rings. The fourth-order valence-corrected chi connectivity index (χ4v) is 2.03. The summed E-state index contributed by atoms with van der Waals surface area (Å²) in [6.07, 6.45) is -10.2. The molecule has 1 aromatic carbocycles. The van der Waals surface area contributed by atoms with Crippen LogP contribution in [0.2, 0.25) is 0 Å². The van der Waals surface area contributed by atoms with Crippen LogP contribution in [0.1, 0.15) is 31.9 Å². The van der Waals surface area contributed by atoms with Gasteiger partial charge < -0.3 is 5.11 Å². The molecule has 0 aliphatic heterocycles. The molecule has 7 heteroatoms. The van der Waals surface area contributed by atoms with Gasteiger partial charge in [0.15, 0.2) is 5.60 Å². The Bertz CT molecular complexity index is 467. The van der Waals surface area contributed by atoms with Crippen LogP contribution in [0.3, 0.4) is 0 Å². The van der Waals surface area contributed by atoms with Crippen molar-refractivity contribution in [3.8, 4) is 0 Å². The van der Waals surface area contributed by atoms with E-state index in [4.69, 9.17) is 0 Å². The second kappa shape index (κ2) is 4.65. The molecule has 0 fully saturated rings. The zero-order chi connectivity index (χ0) is 16.0. The monoisotopic (exact) mass is 300 g/mol. The molecular formula is C13H14F6O. The standard InChI is InChI=1S/C13H14F6O/c1-10(2,3)11(20,13(17,18)19)8-6-4-5-7-9(8)12(14,15)16/h4-7,20H,1-3H3. The average Bonchev–Trinajstić information content (AvgIpc) is 2.23. The highest BCUT2D eigenvalue weighted by atomic mass is 19.4. The first-order chi connectivity index (χ1) is 8.73. The van der Waals surface area contributed by atoms with E-state index in [1.165, 1.54) is 0 Å². The zero-order valence-corrected chi connectivity index (χ0v) is 11.0. The first kappa shape index (κ1) is 16.8. The van der Waals surface area contributed by atoms with Gasteiger partial charge in [-0.05, 0) is 6.07 Å². The smallest absolute Gasteiger partial charge is 0.376 e. The van der Waals surface area contributed by atoms with Crippen molar-refractivity contribution in [3.63, 3.8) is 0 Å². The van der Waals surface area contributed by atoms with E-state index in [-0.39, 0.29) is 0 Å².